The first kappa shape index (κ1) is 16.3. The minimum atomic E-state index is -0.254. The maximum Gasteiger partial charge on any atom is 0.333 e. The van der Waals surface area contributed by atoms with Crippen LogP contribution < -0.4 is 0 Å². The number of fused-ring (bicyclic) bond motifs is 2. The van der Waals surface area contributed by atoms with Crippen LogP contribution in [0.15, 0.2) is 23.8 Å². The molecule has 1 saturated carbocycles. The monoisotopic (exact) mass is 290 g/mol. The van der Waals surface area contributed by atoms with Gasteiger partial charge in [-0.05, 0) is 69.6 Å². The third-order valence-electron chi connectivity index (χ3n) is 5.01. The standard InChI is InChI=1S/C19H30O2/c1-4-7-16(18-13-15-9-10-17(18)12-15)8-5-6-11-21-19(20)14(2)3/h13,15-17H,2,4-12H2,1,3H3. The second-order valence-electron chi connectivity index (χ2n) is 6.83. The molecule has 2 bridgehead atoms. The molecule has 0 radical (unpaired) electrons. The summed E-state index contributed by atoms with van der Waals surface area (Å²) in [6.45, 7) is 8.12. The molecule has 118 valence electrons. The smallest absolute Gasteiger partial charge is 0.333 e. The van der Waals surface area contributed by atoms with Gasteiger partial charge in [0.2, 0.25) is 0 Å². The maximum atomic E-state index is 11.3. The molecule has 1 fully saturated rings. The number of carbonyl (C=O) groups is 1. The van der Waals surface area contributed by atoms with Gasteiger partial charge >= 0.3 is 5.97 Å². The fourth-order valence-corrected chi connectivity index (χ4v) is 3.96. The van der Waals surface area contributed by atoms with E-state index in [0.29, 0.717) is 12.2 Å². The quantitative estimate of drug-likeness (QED) is 0.257. The maximum absolute atomic E-state index is 11.3. The Morgan fingerprint density at radius 2 is 2.19 bits per heavy atom. The van der Waals surface area contributed by atoms with Gasteiger partial charge in [0.15, 0.2) is 0 Å². The highest BCUT2D eigenvalue weighted by molar-refractivity contribution is 5.86. The third-order valence-corrected chi connectivity index (χ3v) is 5.01. The predicted octanol–water partition coefficient (Wildman–Crippen LogP) is 5.05. The predicted molar refractivity (Wildman–Crippen MR) is 86.9 cm³/mol. The van der Waals surface area contributed by atoms with Gasteiger partial charge in [-0.2, -0.15) is 0 Å². The number of ether oxygens (including phenoxy) is 1. The van der Waals surface area contributed by atoms with E-state index in [4.69, 9.17) is 4.74 Å². The average molecular weight is 290 g/mol. The van der Waals surface area contributed by atoms with Crippen molar-refractivity contribution in [2.24, 2.45) is 17.8 Å². The first-order valence-electron chi connectivity index (χ1n) is 8.66. The Kier molecular flexibility index (Phi) is 6.08. The molecule has 0 amide bonds. The van der Waals surface area contributed by atoms with Crippen molar-refractivity contribution >= 4 is 5.97 Å². The second kappa shape index (κ2) is 7.82. The zero-order valence-electron chi connectivity index (χ0n) is 13.7. The highest BCUT2D eigenvalue weighted by Crippen LogP contribution is 2.48. The van der Waals surface area contributed by atoms with Crippen molar-refractivity contribution in [1.82, 2.24) is 0 Å². The van der Waals surface area contributed by atoms with Crippen LogP contribution in [0.1, 0.15) is 65.2 Å². The summed E-state index contributed by atoms with van der Waals surface area (Å²) in [6.07, 6.45) is 12.8. The Hall–Kier alpha value is -1.05. The van der Waals surface area contributed by atoms with E-state index in [1.165, 1.54) is 38.5 Å². The fourth-order valence-electron chi connectivity index (χ4n) is 3.96. The fraction of sp³-hybridized carbons (Fsp3) is 0.737. The molecule has 0 N–H and O–H groups in total. The van der Waals surface area contributed by atoms with Gasteiger partial charge in [0.1, 0.15) is 0 Å². The lowest BCUT2D eigenvalue weighted by molar-refractivity contribution is -0.139. The van der Waals surface area contributed by atoms with Crippen LogP contribution in [0, 0.1) is 17.8 Å². The van der Waals surface area contributed by atoms with Crippen LogP contribution in [0.4, 0.5) is 0 Å². The van der Waals surface area contributed by atoms with E-state index >= 15 is 0 Å². The van der Waals surface area contributed by atoms with Crippen LogP contribution in [-0.2, 0) is 9.53 Å². The molecule has 0 spiro atoms. The lowest BCUT2D eigenvalue weighted by Gasteiger charge is -2.24. The van der Waals surface area contributed by atoms with E-state index in [1.54, 1.807) is 12.5 Å². The van der Waals surface area contributed by atoms with Gasteiger partial charge in [-0.15, -0.1) is 0 Å². The van der Waals surface area contributed by atoms with Crippen molar-refractivity contribution in [3.8, 4) is 0 Å². The normalized spacial score (nSPS) is 24.8. The van der Waals surface area contributed by atoms with Crippen molar-refractivity contribution in [2.75, 3.05) is 6.61 Å². The van der Waals surface area contributed by atoms with Crippen LogP contribution in [0.3, 0.4) is 0 Å². The van der Waals surface area contributed by atoms with Crippen LogP contribution in [-0.4, -0.2) is 12.6 Å². The molecule has 0 saturated heterocycles. The molecule has 2 nitrogen and oxygen atoms in total. The largest absolute Gasteiger partial charge is 0.462 e. The Morgan fingerprint density at radius 3 is 2.76 bits per heavy atom. The summed E-state index contributed by atoms with van der Waals surface area (Å²) < 4.78 is 5.17. The van der Waals surface area contributed by atoms with E-state index in [-0.39, 0.29) is 5.97 Å². The van der Waals surface area contributed by atoms with E-state index in [0.717, 1.165) is 30.6 Å². The molecule has 2 heteroatoms. The number of hydrogen-bond acceptors (Lipinski definition) is 2. The van der Waals surface area contributed by atoms with Gasteiger partial charge in [0.05, 0.1) is 6.61 Å². The molecule has 3 atom stereocenters. The highest BCUT2D eigenvalue weighted by Gasteiger charge is 2.35. The zero-order chi connectivity index (χ0) is 15.2. The van der Waals surface area contributed by atoms with Crippen LogP contribution in [0.2, 0.25) is 0 Å². The van der Waals surface area contributed by atoms with Gasteiger partial charge in [0, 0.05) is 5.57 Å². The van der Waals surface area contributed by atoms with Crippen LogP contribution in [0.5, 0.6) is 0 Å². The molecule has 2 rings (SSSR count). The van der Waals surface area contributed by atoms with Gasteiger partial charge in [-0.1, -0.05) is 31.6 Å². The Balaban J connectivity index is 1.70. The second-order valence-corrected chi connectivity index (χ2v) is 6.83. The molecule has 21 heavy (non-hydrogen) atoms. The van der Waals surface area contributed by atoms with Crippen LogP contribution in [0.25, 0.3) is 0 Å². The number of rotatable bonds is 9. The summed E-state index contributed by atoms with van der Waals surface area (Å²) in [6, 6.07) is 0. The van der Waals surface area contributed by atoms with Crippen molar-refractivity contribution in [2.45, 2.75) is 65.2 Å². The van der Waals surface area contributed by atoms with E-state index in [9.17, 15) is 4.79 Å². The summed E-state index contributed by atoms with van der Waals surface area (Å²) in [5, 5.41) is 0. The topological polar surface area (TPSA) is 26.3 Å². The average Bonchev–Trinajstić information content (AvgIpc) is 3.08. The minimum absolute atomic E-state index is 0.254. The van der Waals surface area contributed by atoms with Crippen molar-refractivity contribution < 1.29 is 9.53 Å². The summed E-state index contributed by atoms with van der Waals surface area (Å²) in [5.41, 5.74) is 2.26. The number of carbonyl (C=O) groups excluding carboxylic acids is 1. The molecular formula is C19H30O2. The van der Waals surface area contributed by atoms with E-state index in [1.807, 2.05) is 0 Å². The molecule has 3 unspecified atom stereocenters. The van der Waals surface area contributed by atoms with Crippen molar-refractivity contribution in [3.63, 3.8) is 0 Å². The van der Waals surface area contributed by atoms with Crippen molar-refractivity contribution in [1.29, 1.82) is 0 Å². The SMILES string of the molecule is C=C(C)C(=O)OCCCCC(CCC)C1=CC2CCC1C2. The Morgan fingerprint density at radius 1 is 1.38 bits per heavy atom. The van der Waals surface area contributed by atoms with E-state index in [2.05, 4.69) is 19.6 Å². The van der Waals surface area contributed by atoms with Gasteiger partial charge < -0.3 is 4.74 Å². The molecule has 0 aromatic heterocycles. The molecular weight excluding hydrogens is 260 g/mol. The molecule has 0 aliphatic heterocycles. The van der Waals surface area contributed by atoms with Gasteiger partial charge in [0.25, 0.3) is 0 Å². The van der Waals surface area contributed by atoms with Crippen molar-refractivity contribution in [3.05, 3.63) is 23.8 Å². The first-order chi connectivity index (χ1) is 10.1. The Labute approximate surface area is 129 Å². The number of unbranched alkanes of at least 4 members (excludes halogenated alkanes) is 1. The summed E-state index contributed by atoms with van der Waals surface area (Å²) in [7, 11) is 0. The summed E-state index contributed by atoms with van der Waals surface area (Å²) >= 11 is 0. The lowest BCUT2D eigenvalue weighted by Crippen LogP contribution is -2.11. The number of allylic oxidation sites excluding steroid dienone is 2. The first-order valence-corrected chi connectivity index (χ1v) is 8.66. The molecule has 0 aromatic carbocycles. The molecule has 0 aromatic rings. The zero-order valence-corrected chi connectivity index (χ0v) is 13.7. The molecule has 2 aliphatic rings. The van der Waals surface area contributed by atoms with Gasteiger partial charge in [-0.3, -0.25) is 0 Å². The molecule has 2 aliphatic carbocycles. The number of esters is 1. The minimum Gasteiger partial charge on any atom is -0.462 e. The molecule has 0 heterocycles. The third kappa shape index (κ3) is 4.46. The summed E-state index contributed by atoms with van der Waals surface area (Å²) in [4.78, 5) is 11.3. The lowest BCUT2D eigenvalue weighted by atomic mass is 9.82. The van der Waals surface area contributed by atoms with Crippen LogP contribution >= 0.6 is 0 Å². The van der Waals surface area contributed by atoms with E-state index < -0.39 is 0 Å². The summed E-state index contributed by atoms with van der Waals surface area (Å²) in [5.74, 6) is 2.31. The van der Waals surface area contributed by atoms with Gasteiger partial charge in [-0.25, -0.2) is 4.79 Å². The highest BCUT2D eigenvalue weighted by atomic mass is 16.5. The Bertz CT molecular complexity index is 408. The number of hydrogen-bond donors (Lipinski definition) is 0.